The first-order valence-electron chi connectivity index (χ1n) is 8.35. The Morgan fingerprint density at radius 2 is 2.00 bits per heavy atom. The maximum Gasteiger partial charge on any atom is 0.238 e. The van der Waals surface area contributed by atoms with Crippen LogP contribution >= 0.6 is 0 Å². The molecule has 0 aliphatic carbocycles. The maximum atomic E-state index is 12.2. The summed E-state index contributed by atoms with van der Waals surface area (Å²) in [6, 6.07) is 17.4. The smallest absolute Gasteiger partial charge is 0.238 e. The zero-order valence-corrected chi connectivity index (χ0v) is 14.9. The minimum absolute atomic E-state index is 0.0612. The molecule has 0 saturated carbocycles. The Balaban J connectivity index is 1.53. The number of hydrogen-bond acceptors (Lipinski definition) is 4. The second-order valence-electron chi connectivity index (χ2n) is 6.07. The predicted molar refractivity (Wildman–Crippen MR) is 102 cm³/mol. The zero-order valence-electron chi connectivity index (χ0n) is 14.9. The number of anilines is 1. The van der Waals surface area contributed by atoms with E-state index in [-0.39, 0.29) is 5.91 Å². The molecule has 26 heavy (non-hydrogen) atoms. The van der Waals surface area contributed by atoms with Gasteiger partial charge in [-0.2, -0.15) is 5.10 Å². The second-order valence-corrected chi connectivity index (χ2v) is 6.07. The molecule has 0 saturated heterocycles. The summed E-state index contributed by atoms with van der Waals surface area (Å²) in [5, 5.41) is 7.10. The summed E-state index contributed by atoms with van der Waals surface area (Å²) in [5.74, 6) is 0.655. The maximum absolute atomic E-state index is 12.2. The lowest BCUT2D eigenvalue weighted by Crippen LogP contribution is -2.29. The van der Waals surface area contributed by atoms with Crippen LogP contribution in [0.3, 0.4) is 0 Å². The molecule has 2 aromatic carbocycles. The number of benzene rings is 2. The number of amides is 1. The highest BCUT2D eigenvalue weighted by Gasteiger charge is 2.08. The Bertz CT molecular complexity index is 845. The van der Waals surface area contributed by atoms with Crippen molar-refractivity contribution in [1.29, 1.82) is 0 Å². The summed E-state index contributed by atoms with van der Waals surface area (Å²) < 4.78 is 6.98. The van der Waals surface area contributed by atoms with Crippen LogP contribution in [0.1, 0.15) is 5.56 Å². The lowest BCUT2D eigenvalue weighted by molar-refractivity contribution is -0.117. The van der Waals surface area contributed by atoms with E-state index in [1.165, 1.54) is 0 Å². The molecule has 1 N–H and O–H groups in total. The van der Waals surface area contributed by atoms with Crippen LogP contribution in [-0.4, -0.2) is 41.3 Å². The number of ether oxygens (including phenoxy) is 1. The van der Waals surface area contributed by atoms with Gasteiger partial charge in [0, 0.05) is 30.7 Å². The van der Waals surface area contributed by atoms with Gasteiger partial charge in [0.15, 0.2) is 0 Å². The largest absolute Gasteiger partial charge is 0.497 e. The summed E-state index contributed by atoms with van der Waals surface area (Å²) >= 11 is 0. The van der Waals surface area contributed by atoms with Crippen LogP contribution in [0, 0.1) is 0 Å². The van der Waals surface area contributed by atoms with Gasteiger partial charge in [-0.25, -0.2) is 4.68 Å². The Hall–Kier alpha value is -3.12. The van der Waals surface area contributed by atoms with Gasteiger partial charge in [-0.1, -0.05) is 18.2 Å². The molecule has 0 fully saturated rings. The number of hydrogen-bond donors (Lipinski definition) is 1. The van der Waals surface area contributed by atoms with E-state index in [4.69, 9.17) is 4.74 Å². The van der Waals surface area contributed by atoms with Crippen LogP contribution in [0.25, 0.3) is 5.69 Å². The molecule has 3 rings (SSSR count). The third kappa shape index (κ3) is 4.70. The molecule has 6 heteroatoms. The Kier molecular flexibility index (Phi) is 5.66. The van der Waals surface area contributed by atoms with Gasteiger partial charge in [0.1, 0.15) is 5.75 Å². The van der Waals surface area contributed by atoms with Crippen molar-refractivity contribution in [2.45, 2.75) is 6.54 Å². The molecule has 0 bridgehead atoms. The van der Waals surface area contributed by atoms with E-state index in [1.807, 2.05) is 71.4 Å². The molecule has 6 nitrogen and oxygen atoms in total. The number of carbonyl (C=O) groups excluding carboxylic acids is 1. The van der Waals surface area contributed by atoms with Crippen LogP contribution < -0.4 is 10.1 Å². The van der Waals surface area contributed by atoms with Crippen molar-refractivity contribution in [3.05, 3.63) is 72.6 Å². The third-order valence-corrected chi connectivity index (χ3v) is 3.92. The highest BCUT2D eigenvalue weighted by atomic mass is 16.5. The number of nitrogens with zero attached hydrogens (tertiary/aromatic N) is 3. The monoisotopic (exact) mass is 350 g/mol. The van der Waals surface area contributed by atoms with Gasteiger partial charge in [0.05, 0.1) is 19.3 Å². The van der Waals surface area contributed by atoms with Gasteiger partial charge >= 0.3 is 0 Å². The summed E-state index contributed by atoms with van der Waals surface area (Å²) in [6.45, 7) is 0.989. The molecule has 1 aromatic heterocycles. The van der Waals surface area contributed by atoms with Crippen LogP contribution in [0.2, 0.25) is 0 Å². The van der Waals surface area contributed by atoms with Crippen molar-refractivity contribution >= 4 is 11.6 Å². The van der Waals surface area contributed by atoms with Crippen LogP contribution in [0.15, 0.2) is 67.0 Å². The van der Waals surface area contributed by atoms with Gasteiger partial charge in [-0.05, 0) is 42.9 Å². The molecule has 3 aromatic rings. The Morgan fingerprint density at radius 3 is 2.69 bits per heavy atom. The second kappa shape index (κ2) is 8.31. The molecule has 0 radical (unpaired) electrons. The lowest BCUT2D eigenvalue weighted by atomic mass is 10.2. The van der Waals surface area contributed by atoms with Crippen LogP contribution in [0.4, 0.5) is 5.69 Å². The molecular formula is C20H22N4O2. The van der Waals surface area contributed by atoms with E-state index in [9.17, 15) is 4.79 Å². The van der Waals surface area contributed by atoms with Crippen molar-refractivity contribution in [2.75, 3.05) is 26.0 Å². The Morgan fingerprint density at radius 1 is 1.19 bits per heavy atom. The Labute approximate surface area is 153 Å². The van der Waals surface area contributed by atoms with Gasteiger partial charge in [-0.15, -0.1) is 0 Å². The highest BCUT2D eigenvalue weighted by Crippen LogP contribution is 2.16. The van der Waals surface area contributed by atoms with E-state index in [2.05, 4.69) is 10.4 Å². The molecule has 0 spiro atoms. The van der Waals surface area contributed by atoms with Gasteiger partial charge < -0.3 is 10.1 Å². The van der Waals surface area contributed by atoms with E-state index in [1.54, 1.807) is 19.4 Å². The summed E-state index contributed by atoms with van der Waals surface area (Å²) in [5.41, 5.74) is 2.88. The van der Waals surface area contributed by atoms with Crippen LogP contribution in [0.5, 0.6) is 5.75 Å². The van der Waals surface area contributed by atoms with Crippen molar-refractivity contribution < 1.29 is 9.53 Å². The van der Waals surface area contributed by atoms with E-state index >= 15 is 0 Å². The number of rotatable bonds is 7. The molecule has 0 aliphatic rings. The number of methoxy groups -OCH3 is 1. The SMILES string of the molecule is COc1cccc(NC(=O)CN(C)Cc2ccc(-n3cccn3)cc2)c1. The first-order valence-corrected chi connectivity index (χ1v) is 8.35. The normalized spacial score (nSPS) is 10.7. The quantitative estimate of drug-likeness (QED) is 0.712. The summed E-state index contributed by atoms with van der Waals surface area (Å²) in [7, 11) is 3.53. The van der Waals surface area contributed by atoms with Gasteiger partial charge in [-0.3, -0.25) is 9.69 Å². The van der Waals surface area contributed by atoms with Crippen molar-refractivity contribution in [1.82, 2.24) is 14.7 Å². The number of nitrogens with one attached hydrogen (secondary N) is 1. The van der Waals surface area contributed by atoms with Crippen molar-refractivity contribution in [2.24, 2.45) is 0 Å². The zero-order chi connectivity index (χ0) is 18.4. The molecule has 1 heterocycles. The number of likely N-dealkylation sites (N-methyl/N-ethyl adjacent to an activating group) is 1. The number of aromatic nitrogens is 2. The highest BCUT2D eigenvalue weighted by molar-refractivity contribution is 5.92. The van der Waals surface area contributed by atoms with Crippen molar-refractivity contribution in [3.63, 3.8) is 0 Å². The summed E-state index contributed by atoms with van der Waals surface area (Å²) in [4.78, 5) is 14.2. The fourth-order valence-corrected chi connectivity index (χ4v) is 2.69. The minimum atomic E-state index is -0.0612. The summed E-state index contributed by atoms with van der Waals surface area (Å²) in [6.07, 6.45) is 3.66. The molecule has 134 valence electrons. The fraction of sp³-hybridized carbons (Fsp3) is 0.200. The first-order chi connectivity index (χ1) is 12.6. The molecule has 0 aliphatic heterocycles. The average Bonchev–Trinajstić information content (AvgIpc) is 3.17. The van der Waals surface area contributed by atoms with E-state index < -0.39 is 0 Å². The molecule has 0 unspecified atom stereocenters. The van der Waals surface area contributed by atoms with E-state index in [0.29, 0.717) is 18.8 Å². The number of carbonyl (C=O) groups is 1. The van der Waals surface area contributed by atoms with Crippen LogP contribution in [-0.2, 0) is 11.3 Å². The lowest BCUT2D eigenvalue weighted by Gasteiger charge is -2.17. The minimum Gasteiger partial charge on any atom is -0.497 e. The molecule has 1 amide bonds. The fourth-order valence-electron chi connectivity index (χ4n) is 2.69. The first kappa shape index (κ1) is 17.7. The average molecular weight is 350 g/mol. The standard InChI is InChI=1S/C20H22N4O2/c1-23(15-20(25)22-17-5-3-6-19(13-17)26-2)14-16-7-9-18(10-8-16)24-12-4-11-21-24/h3-13H,14-15H2,1-2H3,(H,22,25). The van der Waals surface area contributed by atoms with Gasteiger partial charge in [0.2, 0.25) is 5.91 Å². The molecule has 0 atom stereocenters. The predicted octanol–water partition coefficient (Wildman–Crippen LogP) is 2.95. The topological polar surface area (TPSA) is 59.4 Å². The van der Waals surface area contributed by atoms with E-state index in [0.717, 1.165) is 16.9 Å². The third-order valence-electron chi connectivity index (χ3n) is 3.92. The molecular weight excluding hydrogens is 328 g/mol. The van der Waals surface area contributed by atoms with Crippen molar-refractivity contribution in [3.8, 4) is 11.4 Å². The van der Waals surface area contributed by atoms with Gasteiger partial charge in [0.25, 0.3) is 0 Å².